The van der Waals surface area contributed by atoms with Crippen LogP contribution in [0.4, 0.5) is 5.69 Å². The van der Waals surface area contributed by atoms with Crippen LogP contribution >= 0.6 is 11.8 Å². The Morgan fingerprint density at radius 1 is 1.56 bits per heavy atom. The molecule has 0 aliphatic heterocycles. The van der Waals surface area contributed by atoms with E-state index in [4.69, 9.17) is 5.73 Å². The summed E-state index contributed by atoms with van der Waals surface area (Å²) >= 11 is 1.76. The fraction of sp³-hybridized carbons (Fsp3) is 0.462. The van der Waals surface area contributed by atoms with Crippen molar-refractivity contribution in [2.24, 2.45) is 0 Å². The maximum Gasteiger partial charge on any atom is 0.256 e. The number of aromatic hydroxyl groups is 1. The van der Waals surface area contributed by atoms with Crippen molar-refractivity contribution in [3.8, 4) is 5.75 Å². The summed E-state index contributed by atoms with van der Waals surface area (Å²) in [4.78, 5) is 13.9. The number of anilines is 1. The van der Waals surface area contributed by atoms with Gasteiger partial charge in [-0.25, -0.2) is 0 Å². The zero-order chi connectivity index (χ0) is 13.7. The molecule has 1 aromatic rings. The van der Waals surface area contributed by atoms with Crippen molar-refractivity contribution in [3.63, 3.8) is 0 Å². The molecule has 0 saturated carbocycles. The van der Waals surface area contributed by atoms with Crippen molar-refractivity contribution < 1.29 is 9.90 Å². The lowest BCUT2D eigenvalue weighted by Gasteiger charge is -2.25. The van der Waals surface area contributed by atoms with Crippen molar-refractivity contribution in [2.75, 3.05) is 24.8 Å². The standard InChI is InChI=1S/C13H20N2O2S/c1-9(6-7-18-3)15(2)13(17)11-8-10(16)4-5-12(11)14/h4-5,8-9,16H,6-7,14H2,1-3H3. The van der Waals surface area contributed by atoms with Gasteiger partial charge in [0.15, 0.2) is 0 Å². The number of nitrogens with zero attached hydrogens (tertiary/aromatic N) is 1. The summed E-state index contributed by atoms with van der Waals surface area (Å²) in [6.07, 6.45) is 2.98. The Morgan fingerprint density at radius 3 is 2.83 bits per heavy atom. The first-order chi connectivity index (χ1) is 8.47. The second-order valence-electron chi connectivity index (χ2n) is 4.32. The van der Waals surface area contributed by atoms with Gasteiger partial charge in [-0.15, -0.1) is 0 Å². The normalized spacial score (nSPS) is 12.2. The number of phenols is 1. The highest BCUT2D eigenvalue weighted by molar-refractivity contribution is 7.98. The maximum atomic E-state index is 12.3. The minimum Gasteiger partial charge on any atom is -0.508 e. The minimum absolute atomic E-state index is 0.0534. The molecule has 0 aliphatic carbocycles. The van der Waals surface area contributed by atoms with Crippen LogP contribution in [0.2, 0.25) is 0 Å². The van der Waals surface area contributed by atoms with Gasteiger partial charge >= 0.3 is 0 Å². The van der Waals surface area contributed by atoms with E-state index in [1.54, 1.807) is 29.8 Å². The number of carbonyl (C=O) groups excluding carboxylic acids is 1. The molecule has 0 fully saturated rings. The van der Waals surface area contributed by atoms with Crippen LogP contribution in [-0.2, 0) is 0 Å². The summed E-state index contributed by atoms with van der Waals surface area (Å²) in [6, 6.07) is 4.58. The molecule has 0 radical (unpaired) electrons. The van der Waals surface area contributed by atoms with Crippen molar-refractivity contribution >= 4 is 23.4 Å². The van der Waals surface area contributed by atoms with Crippen LogP contribution < -0.4 is 5.73 Å². The first-order valence-electron chi connectivity index (χ1n) is 5.82. The Balaban J connectivity index is 2.82. The second kappa shape index (κ2) is 6.54. The van der Waals surface area contributed by atoms with Gasteiger partial charge < -0.3 is 15.7 Å². The average Bonchev–Trinajstić information content (AvgIpc) is 2.37. The minimum atomic E-state index is -0.156. The highest BCUT2D eigenvalue weighted by Gasteiger charge is 2.19. The lowest BCUT2D eigenvalue weighted by molar-refractivity contribution is 0.0742. The predicted molar refractivity (Wildman–Crippen MR) is 77.1 cm³/mol. The van der Waals surface area contributed by atoms with Gasteiger partial charge in [0, 0.05) is 18.8 Å². The monoisotopic (exact) mass is 268 g/mol. The number of phenolic OH excluding ortho intramolecular Hbond substituents is 1. The van der Waals surface area contributed by atoms with Crippen molar-refractivity contribution in [2.45, 2.75) is 19.4 Å². The zero-order valence-corrected chi connectivity index (χ0v) is 11.8. The van der Waals surface area contributed by atoms with E-state index in [-0.39, 0.29) is 17.7 Å². The van der Waals surface area contributed by atoms with E-state index in [9.17, 15) is 9.90 Å². The number of carbonyl (C=O) groups is 1. The fourth-order valence-electron chi connectivity index (χ4n) is 1.60. The van der Waals surface area contributed by atoms with Crippen LogP contribution in [0.15, 0.2) is 18.2 Å². The molecule has 4 nitrogen and oxygen atoms in total. The number of hydrogen-bond donors (Lipinski definition) is 2. The number of nitrogen functional groups attached to an aromatic ring is 1. The van der Waals surface area contributed by atoms with Gasteiger partial charge in [-0.2, -0.15) is 11.8 Å². The molecule has 1 amide bonds. The molecule has 1 rings (SSSR count). The van der Waals surface area contributed by atoms with Crippen LogP contribution in [0, 0.1) is 0 Å². The van der Waals surface area contributed by atoms with Crippen LogP contribution in [0.3, 0.4) is 0 Å². The van der Waals surface area contributed by atoms with Crippen molar-refractivity contribution in [1.29, 1.82) is 0 Å². The number of hydrogen-bond acceptors (Lipinski definition) is 4. The van der Waals surface area contributed by atoms with E-state index >= 15 is 0 Å². The largest absolute Gasteiger partial charge is 0.508 e. The van der Waals surface area contributed by atoms with E-state index in [1.807, 2.05) is 13.2 Å². The molecule has 5 heteroatoms. The third-order valence-electron chi connectivity index (χ3n) is 2.99. The average molecular weight is 268 g/mol. The molecule has 1 atom stereocenters. The van der Waals surface area contributed by atoms with Gasteiger partial charge in [-0.05, 0) is 43.6 Å². The number of rotatable bonds is 5. The Labute approximate surface area is 112 Å². The summed E-state index contributed by atoms with van der Waals surface area (Å²) in [5.74, 6) is 0.906. The van der Waals surface area contributed by atoms with E-state index in [2.05, 4.69) is 0 Å². The molecule has 0 heterocycles. The summed E-state index contributed by atoms with van der Waals surface area (Å²) in [6.45, 7) is 2.01. The van der Waals surface area contributed by atoms with E-state index in [0.717, 1.165) is 12.2 Å². The molecule has 0 spiro atoms. The van der Waals surface area contributed by atoms with Crippen LogP contribution in [-0.4, -0.2) is 41.0 Å². The number of thioether (sulfide) groups is 1. The molecular formula is C13H20N2O2S. The van der Waals surface area contributed by atoms with Gasteiger partial charge in [0.1, 0.15) is 5.75 Å². The van der Waals surface area contributed by atoms with Gasteiger partial charge in [-0.3, -0.25) is 4.79 Å². The molecule has 0 saturated heterocycles. The molecular weight excluding hydrogens is 248 g/mol. The molecule has 100 valence electrons. The summed E-state index contributed by atoms with van der Waals surface area (Å²) < 4.78 is 0. The number of benzene rings is 1. The Kier molecular flexibility index (Phi) is 5.34. The quantitative estimate of drug-likeness (QED) is 0.634. The van der Waals surface area contributed by atoms with Crippen molar-refractivity contribution in [3.05, 3.63) is 23.8 Å². The molecule has 0 aliphatic rings. The zero-order valence-electron chi connectivity index (χ0n) is 11.0. The highest BCUT2D eigenvalue weighted by atomic mass is 32.2. The summed E-state index contributed by atoms with van der Waals surface area (Å²) in [5.41, 5.74) is 6.51. The summed E-state index contributed by atoms with van der Waals surface area (Å²) in [7, 11) is 1.76. The smallest absolute Gasteiger partial charge is 0.256 e. The predicted octanol–water partition coefficient (Wildman–Crippen LogP) is 2.19. The molecule has 1 aromatic carbocycles. The van der Waals surface area contributed by atoms with E-state index in [0.29, 0.717) is 11.3 Å². The highest BCUT2D eigenvalue weighted by Crippen LogP contribution is 2.21. The Bertz CT molecular complexity index is 423. The van der Waals surface area contributed by atoms with Gasteiger partial charge in [-0.1, -0.05) is 0 Å². The van der Waals surface area contributed by atoms with Gasteiger partial charge in [0.2, 0.25) is 0 Å². The number of amides is 1. The molecule has 0 aromatic heterocycles. The third-order valence-corrected chi connectivity index (χ3v) is 3.63. The lowest BCUT2D eigenvalue weighted by atomic mass is 10.1. The van der Waals surface area contributed by atoms with E-state index in [1.165, 1.54) is 12.1 Å². The maximum absolute atomic E-state index is 12.3. The molecule has 0 bridgehead atoms. The topological polar surface area (TPSA) is 66.6 Å². The Morgan fingerprint density at radius 2 is 2.22 bits per heavy atom. The van der Waals surface area contributed by atoms with Gasteiger partial charge in [0.25, 0.3) is 5.91 Å². The van der Waals surface area contributed by atoms with Crippen LogP contribution in [0.5, 0.6) is 5.75 Å². The van der Waals surface area contributed by atoms with Crippen LogP contribution in [0.1, 0.15) is 23.7 Å². The van der Waals surface area contributed by atoms with Gasteiger partial charge in [0.05, 0.1) is 5.56 Å². The summed E-state index contributed by atoms with van der Waals surface area (Å²) in [5, 5.41) is 9.42. The molecule has 1 unspecified atom stereocenters. The lowest BCUT2D eigenvalue weighted by Crippen LogP contribution is -2.35. The SMILES string of the molecule is CSCCC(C)N(C)C(=O)c1cc(O)ccc1N. The molecule has 3 N–H and O–H groups in total. The first-order valence-corrected chi connectivity index (χ1v) is 7.21. The van der Waals surface area contributed by atoms with Crippen LogP contribution in [0.25, 0.3) is 0 Å². The molecule has 18 heavy (non-hydrogen) atoms. The number of nitrogens with two attached hydrogens (primary N) is 1. The first kappa shape index (κ1) is 14.7. The van der Waals surface area contributed by atoms with E-state index < -0.39 is 0 Å². The second-order valence-corrected chi connectivity index (χ2v) is 5.30. The Hall–Kier alpha value is -1.36. The fourth-order valence-corrected chi connectivity index (χ4v) is 2.18. The third kappa shape index (κ3) is 3.57. The van der Waals surface area contributed by atoms with Crippen molar-refractivity contribution in [1.82, 2.24) is 4.90 Å².